The summed E-state index contributed by atoms with van der Waals surface area (Å²) >= 11 is 0. The zero-order valence-electron chi connectivity index (χ0n) is 12.4. The van der Waals surface area contributed by atoms with Crippen molar-refractivity contribution in [3.8, 4) is 11.5 Å². The minimum Gasteiger partial charge on any atom is -0.486 e. The number of carbonyl (C=O) groups is 2. The monoisotopic (exact) mass is 312 g/mol. The van der Waals surface area contributed by atoms with Crippen molar-refractivity contribution in [1.29, 1.82) is 0 Å². The van der Waals surface area contributed by atoms with Gasteiger partial charge in [0, 0.05) is 11.6 Å². The molecule has 0 aromatic heterocycles. The second kappa shape index (κ2) is 6.50. The highest BCUT2D eigenvalue weighted by Crippen LogP contribution is 2.36. The van der Waals surface area contributed by atoms with Crippen molar-refractivity contribution < 1.29 is 19.1 Å². The van der Waals surface area contributed by atoms with Crippen molar-refractivity contribution in [3.05, 3.63) is 53.6 Å². The minimum atomic E-state index is -0.385. The second-order valence-corrected chi connectivity index (χ2v) is 4.99. The fraction of sp³-hybridized carbons (Fsp3) is 0.176. The fourth-order valence-electron chi connectivity index (χ4n) is 2.33. The topological polar surface area (TPSA) is 90.7 Å². The first-order valence-corrected chi connectivity index (χ1v) is 7.22. The highest BCUT2D eigenvalue weighted by Gasteiger charge is 2.21. The Morgan fingerprint density at radius 2 is 1.70 bits per heavy atom. The molecule has 2 aromatic rings. The van der Waals surface area contributed by atoms with Crippen molar-refractivity contribution in [1.82, 2.24) is 0 Å². The molecule has 0 spiro atoms. The normalized spacial score (nSPS) is 12.6. The number of anilines is 1. The Labute approximate surface area is 133 Å². The van der Waals surface area contributed by atoms with Crippen molar-refractivity contribution >= 4 is 17.4 Å². The molecule has 0 bridgehead atoms. The molecule has 0 saturated heterocycles. The van der Waals surface area contributed by atoms with Gasteiger partial charge in [0.1, 0.15) is 13.2 Å². The van der Waals surface area contributed by atoms with Gasteiger partial charge in [0.15, 0.2) is 17.3 Å². The largest absolute Gasteiger partial charge is 0.486 e. The number of carbonyl (C=O) groups excluding carboxylic acids is 2. The van der Waals surface area contributed by atoms with E-state index in [2.05, 4.69) is 5.32 Å². The van der Waals surface area contributed by atoms with Gasteiger partial charge in [0.05, 0.1) is 17.8 Å². The lowest BCUT2D eigenvalue weighted by Crippen LogP contribution is -2.24. The second-order valence-electron chi connectivity index (χ2n) is 4.99. The predicted octanol–water partition coefficient (Wildman–Crippen LogP) is 1.59. The van der Waals surface area contributed by atoms with E-state index in [0.717, 1.165) is 0 Å². The Bertz CT molecular complexity index is 744. The SMILES string of the molecule is NCC(=O)Nc1cc2c(cc1C(=O)c1ccccc1)OCCO2. The zero-order chi connectivity index (χ0) is 16.2. The van der Waals surface area contributed by atoms with Crippen molar-refractivity contribution in [3.63, 3.8) is 0 Å². The van der Waals surface area contributed by atoms with Crippen LogP contribution in [0.5, 0.6) is 11.5 Å². The molecule has 0 fully saturated rings. The molecule has 1 amide bonds. The van der Waals surface area contributed by atoms with E-state index in [1.54, 1.807) is 36.4 Å². The number of ketones is 1. The molecule has 0 radical (unpaired) electrons. The Hall–Kier alpha value is -2.86. The summed E-state index contributed by atoms with van der Waals surface area (Å²) in [5.41, 5.74) is 6.56. The van der Waals surface area contributed by atoms with Crippen LogP contribution in [0.25, 0.3) is 0 Å². The van der Waals surface area contributed by atoms with Crippen LogP contribution in [0.1, 0.15) is 15.9 Å². The maximum absolute atomic E-state index is 12.7. The highest BCUT2D eigenvalue weighted by atomic mass is 16.6. The Morgan fingerprint density at radius 1 is 1.04 bits per heavy atom. The average molecular weight is 312 g/mol. The summed E-state index contributed by atoms with van der Waals surface area (Å²) in [6.07, 6.45) is 0. The molecule has 23 heavy (non-hydrogen) atoms. The molecular formula is C17H16N2O4. The molecule has 0 aliphatic carbocycles. The molecule has 0 unspecified atom stereocenters. The number of rotatable bonds is 4. The highest BCUT2D eigenvalue weighted by molar-refractivity contribution is 6.14. The van der Waals surface area contributed by atoms with Crippen molar-refractivity contribution in [2.24, 2.45) is 5.73 Å². The summed E-state index contributed by atoms with van der Waals surface area (Å²) in [4.78, 5) is 24.4. The summed E-state index contributed by atoms with van der Waals surface area (Å²) in [5, 5.41) is 2.64. The summed E-state index contributed by atoms with van der Waals surface area (Å²) in [5.74, 6) is 0.383. The van der Waals surface area contributed by atoms with Crippen LogP contribution in [0.3, 0.4) is 0 Å². The predicted molar refractivity (Wildman–Crippen MR) is 85.0 cm³/mol. The first kappa shape index (κ1) is 15.1. The lowest BCUT2D eigenvalue weighted by Gasteiger charge is -2.21. The lowest BCUT2D eigenvalue weighted by atomic mass is 10.0. The van der Waals surface area contributed by atoms with Crippen LogP contribution in [-0.4, -0.2) is 31.4 Å². The first-order valence-electron chi connectivity index (χ1n) is 7.22. The molecule has 118 valence electrons. The summed E-state index contributed by atoms with van der Waals surface area (Å²) in [6.45, 7) is 0.664. The Balaban J connectivity index is 2.05. The quantitative estimate of drug-likeness (QED) is 0.837. The molecule has 6 heteroatoms. The van der Waals surface area contributed by atoms with Crippen molar-refractivity contribution in [2.45, 2.75) is 0 Å². The number of ether oxygens (including phenoxy) is 2. The fourth-order valence-corrected chi connectivity index (χ4v) is 2.33. The maximum Gasteiger partial charge on any atom is 0.238 e. The molecular weight excluding hydrogens is 296 g/mol. The van der Waals surface area contributed by atoms with Crippen molar-refractivity contribution in [2.75, 3.05) is 25.1 Å². The van der Waals surface area contributed by atoms with E-state index >= 15 is 0 Å². The minimum absolute atomic E-state index is 0.173. The van der Waals surface area contributed by atoms with Crippen LogP contribution in [0.15, 0.2) is 42.5 Å². The maximum atomic E-state index is 12.7. The van der Waals surface area contributed by atoms with Crippen LogP contribution in [0, 0.1) is 0 Å². The summed E-state index contributed by atoms with van der Waals surface area (Å²) in [7, 11) is 0. The van der Waals surface area contributed by atoms with Crippen LogP contribution in [0.4, 0.5) is 5.69 Å². The van der Waals surface area contributed by atoms with Crippen LogP contribution < -0.4 is 20.5 Å². The number of amides is 1. The van der Waals surface area contributed by atoms with Crippen LogP contribution in [-0.2, 0) is 4.79 Å². The molecule has 1 aliphatic heterocycles. The zero-order valence-corrected chi connectivity index (χ0v) is 12.4. The molecule has 6 nitrogen and oxygen atoms in total. The van der Waals surface area contributed by atoms with Gasteiger partial charge in [-0.05, 0) is 6.07 Å². The van der Waals surface area contributed by atoms with E-state index in [1.165, 1.54) is 0 Å². The first-order chi connectivity index (χ1) is 11.2. The average Bonchev–Trinajstić information content (AvgIpc) is 2.61. The standard InChI is InChI=1S/C17H16N2O4/c18-10-16(20)19-13-9-15-14(22-6-7-23-15)8-12(13)17(21)11-4-2-1-3-5-11/h1-5,8-9H,6-7,10,18H2,(H,19,20). The van der Waals surface area contributed by atoms with Gasteiger partial charge in [0.25, 0.3) is 0 Å². The number of benzene rings is 2. The van der Waals surface area contributed by atoms with Gasteiger partial charge in [-0.3, -0.25) is 9.59 Å². The van der Waals surface area contributed by atoms with Gasteiger partial charge in [-0.1, -0.05) is 30.3 Å². The van der Waals surface area contributed by atoms with Gasteiger partial charge >= 0.3 is 0 Å². The van der Waals surface area contributed by atoms with E-state index in [0.29, 0.717) is 41.5 Å². The number of fused-ring (bicyclic) bond motifs is 1. The lowest BCUT2D eigenvalue weighted by molar-refractivity contribution is -0.114. The van der Waals surface area contributed by atoms with E-state index in [1.807, 2.05) is 6.07 Å². The van der Waals surface area contributed by atoms with Gasteiger partial charge in [-0.25, -0.2) is 0 Å². The molecule has 1 heterocycles. The van der Waals surface area contributed by atoms with Gasteiger partial charge in [-0.15, -0.1) is 0 Å². The summed E-state index contributed by atoms with van der Waals surface area (Å²) < 4.78 is 11.0. The van der Waals surface area contributed by atoms with E-state index < -0.39 is 0 Å². The van der Waals surface area contributed by atoms with E-state index in [4.69, 9.17) is 15.2 Å². The van der Waals surface area contributed by atoms with Crippen LogP contribution in [0.2, 0.25) is 0 Å². The molecule has 0 saturated carbocycles. The number of hydrogen-bond donors (Lipinski definition) is 2. The van der Waals surface area contributed by atoms with E-state index in [-0.39, 0.29) is 18.2 Å². The van der Waals surface area contributed by atoms with Gasteiger partial charge in [-0.2, -0.15) is 0 Å². The van der Waals surface area contributed by atoms with Gasteiger partial charge in [0.2, 0.25) is 5.91 Å². The number of hydrogen-bond acceptors (Lipinski definition) is 5. The Morgan fingerprint density at radius 3 is 2.35 bits per heavy atom. The Kier molecular flexibility index (Phi) is 4.25. The molecule has 2 aromatic carbocycles. The number of nitrogens with one attached hydrogen (secondary N) is 1. The van der Waals surface area contributed by atoms with E-state index in [9.17, 15) is 9.59 Å². The van der Waals surface area contributed by atoms with Crippen LogP contribution >= 0.6 is 0 Å². The third-order valence-electron chi connectivity index (χ3n) is 3.42. The smallest absolute Gasteiger partial charge is 0.238 e. The van der Waals surface area contributed by atoms with Gasteiger partial charge < -0.3 is 20.5 Å². The molecule has 3 N–H and O–H groups in total. The molecule has 0 atom stereocenters. The third-order valence-corrected chi connectivity index (χ3v) is 3.42. The summed E-state index contributed by atoms with van der Waals surface area (Å²) in [6, 6.07) is 12.0. The molecule has 1 aliphatic rings. The molecule has 3 rings (SSSR count). The number of nitrogens with two attached hydrogens (primary N) is 1. The third kappa shape index (κ3) is 3.17.